The van der Waals surface area contributed by atoms with Crippen molar-refractivity contribution in [2.75, 3.05) is 32.7 Å². The van der Waals surface area contributed by atoms with E-state index in [0.717, 1.165) is 37.7 Å². The fraction of sp³-hybridized carbons (Fsp3) is 0.733. The molecule has 0 fully saturated rings. The van der Waals surface area contributed by atoms with Crippen molar-refractivity contribution in [3.8, 4) is 0 Å². The number of rotatable bonds is 9. The molecule has 0 aliphatic carbocycles. The molecule has 0 saturated carbocycles. The second-order valence-corrected chi connectivity index (χ2v) is 6.45. The molecular weight excluding hydrogens is 284 g/mol. The lowest BCUT2D eigenvalue weighted by Gasteiger charge is -2.27. The molecule has 0 atom stereocenters. The summed E-state index contributed by atoms with van der Waals surface area (Å²) in [6.45, 7) is 13.4. The van der Waals surface area contributed by atoms with Gasteiger partial charge in [0.25, 0.3) is 5.91 Å². The van der Waals surface area contributed by atoms with Gasteiger partial charge in [0.2, 0.25) is 0 Å². The minimum atomic E-state index is 0.0202. The van der Waals surface area contributed by atoms with Crippen LogP contribution in [-0.2, 0) is 6.54 Å². The number of hydrogen-bond acceptors (Lipinski definition) is 5. The average Bonchev–Trinajstić information content (AvgIpc) is 2.94. The Hall–Kier alpha value is -0.980. The summed E-state index contributed by atoms with van der Waals surface area (Å²) < 4.78 is 0. The summed E-state index contributed by atoms with van der Waals surface area (Å²) in [5, 5.41) is 2.63. The highest BCUT2D eigenvalue weighted by Crippen LogP contribution is 2.12. The van der Waals surface area contributed by atoms with Crippen LogP contribution in [0.25, 0.3) is 0 Å². The Balaban J connectivity index is 2.73. The van der Waals surface area contributed by atoms with E-state index < -0.39 is 0 Å². The van der Waals surface area contributed by atoms with Gasteiger partial charge in [0.15, 0.2) is 0 Å². The van der Waals surface area contributed by atoms with Gasteiger partial charge in [0, 0.05) is 31.6 Å². The molecule has 0 aromatic carbocycles. The van der Waals surface area contributed by atoms with Crippen LogP contribution >= 0.6 is 11.3 Å². The fourth-order valence-corrected chi connectivity index (χ4v) is 2.83. The van der Waals surface area contributed by atoms with Gasteiger partial charge in [-0.15, -0.1) is 11.3 Å². The molecule has 2 N–H and O–H groups in total. The predicted molar refractivity (Wildman–Crippen MR) is 88.5 cm³/mol. The first-order valence-corrected chi connectivity index (χ1v) is 8.55. The molecule has 0 saturated heterocycles. The highest BCUT2D eigenvalue weighted by atomic mass is 32.1. The molecule has 1 amide bonds. The summed E-state index contributed by atoms with van der Waals surface area (Å²) in [6.07, 6.45) is 0. The topological polar surface area (TPSA) is 62.5 Å². The third-order valence-electron chi connectivity index (χ3n) is 3.40. The van der Waals surface area contributed by atoms with Gasteiger partial charge in [-0.25, -0.2) is 4.98 Å². The van der Waals surface area contributed by atoms with E-state index in [-0.39, 0.29) is 5.91 Å². The number of aromatic nitrogens is 1. The van der Waals surface area contributed by atoms with Crippen LogP contribution in [0, 0.1) is 5.92 Å². The van der Waals surface area contributed by atoms with Crippen molar-refractivity contribution in [1.82, 2.24) is 14.8 Å². The number of hydrogen-bond donors (Lipinski definition) is 1. The SMILES string of the molecule is CCN(CC)CCN(CC(C)C)C(=O)c1csc(CN)n1. The summed E-state index contributed by atoms with van der Waals surface area (Å²) >= 11 is 1.45. The second kappa shape index (κ2) is 9.12. The van der Waals surface area contributed by atoms with Gasteiger partial charge in [-0.3, -0.25) is 4.79 Å². The van der Waals surface area contributed by atoms with Crippen molar-refractivity contribution in [3.63, 3.8) is 0 Å². The van der Waals surface area contributed by atoms with Crippen LogP contribution in [0.5, 0.6) is 0 Å². The van der Waals surface area contributed by atoms with Crippen molar-refractivity contribution in [2.24, 2.45) is 11.7 Å². The van der Waals surface area contributed by atoms with Crippen molar-refractivity contribution < 1.29 is 4.79 Å². The average molecular weight is 312 g/mol. The summed E-state index contributed by atoms with van der Waals surface area (Å²) in [6, 6.07) is 0. The maximum Gasteiger partial charge on any atom is 0.273 e. The van der Waals surface area contributed by atoms with E-state index in [0.29, 0.717) is 18.2 Å². The molecule has 6 heteroatoms. The molecule has 21 heavy (non-hydrogen) atoms. The van der Waals surface area contributed by atoms with E-state index in [1.165, 1.54) is 11.3 Å². The zero-order chi connectivity index (χ0) is 15.8. The summed E-state index contributed by atoms with van der Waals surface area (Å²) in [7, 11) is 0. The number of carbonyl (C=O) groups excluding carboxylic acids is 1. The monoisotopic (exact) mass is 312 g/mol. The number of nitrogens with zero attached hydrogens (tertiary/aromatic N) is 3. The molecule has 1 aromatic heterocycles. The molecule has 5 nitrogen and oxygen atoms in total. The normalized spacial score (nSPS) is 11.4. The highest BCUT2D eigenvalue weighted by molar-refractivity contribution is 7.09. The second-order valence-electron chi connectivity index (χ2n) is 5.50. The van der Waals surface area contributed by atoms with Crippen LogP contribution in [-0.4, -0.2) is 53.4 Å². The number of thiazole rings is 1. The van der Waals surface area contributed by atoms with Crippen molar-refractivity contribution >= 4 is 17.2 Å². The summed E-state index contributed by atoms with van der Waals surface area (Å²) in [4.78, 5) is 21.2. The summed E-state index contributed by atoms with van der Waals surface area (Å²) in [5.41, 5.74) is 6.10. The van der Waals surface area contributed by atoms with Gasteiger partial charge in [0.05, 0.1) is 0 Å². The molecule has 1 aromatic rings. The lowest BCUT2D eigenvalue weighted by atomic mass is 10.2. The van der Waals surface area contributed by atoms with Gasteiger partial charge in [-0.2, -0.15) is 0 Å². The first-order valence-electron chi connectivity index (χ1n) is 7.67. The van der Waals surface area contributed by atoms with E-state index >= 15 is 0 Å². The molecular formula is C15H28N4OS. The van der Waals surface area contributed by atoms with Gasteiger partial charge in [0.1, 0.15) is 10.7 Å². The molecule has 0 bridgehead atoms. The standard InChI is InChI=1S/C15H28N4OS/c1-5-18(6-2)7-8-19(10-12(3)4)15(20)13-11-21-14(9-16)17-13/h11-12H,5-10,16H2,1-4H3. The number of amides is 1. The minimum absolute atomic E-state index is 0.0202. The number of carbonyl (C=O) groups is 1. The van der Waals surface area contributed by atoms with Crippen LogP contribution in [0.2, 0.25) is 0 Å². The molecule has 0 unspecified atom stereocenters. The maximum absolute atomic E-state index is 12.6. The minimum Gasteiger partial charge on any atom is -0.336 e. The van der Waals surface area contributed by atoms with E-state index in [4.69, 9.17) is 5.73 Å². The van der Waals surface area contributed by atoms with Crippen LogP contribution in [0.15, 0.2) is 5.38 Å². The highest BCUT2D eigenvalue weighted by Gasteiger charge is 2.20. The van der Waals surface area contributed by atoms with E-state index in [1.54, 1.807) is 0 Å². The predicted octanol–water partition coefficient (Wildman–Crippen LogP) is 2.04. The summed E-state index contributed by atoms with van der Waals surface area (Å²) in [5.74, 6) is 0.463. The molecule has 1 rings (SSSR count). The Morgan fingerprint density at radius 1 is 1.33 bits per heavy atom. The molecule has 0 aliphatic rings. The van der Waals surface area contributed by atoms with E-state index in [9.17, 15) is 4.79 Å². The first kappa shape index (κ1) is 18.1. The van der Waals surface area contributed by atoms with Crippen LogP contribution in [0.3, 0.4) is 0 Å². The Morgan fingerprint density at radius 2 is 2.00 bits per heavy atom. The Morgan fingerprint density at radius 3 is 2.48 bits per heavy atom. The lowest BCUT2D eigenvalue weighted by Crippen LogP contribution is -2.40. The quantitative estimate of drug-likeness (QED) is 0.758. The van der Waals surface area contributed by atoms with Crippen molar-refractivity contribution in [2.45, 2.75) is 34.2 Å². The third-order valence-corrected chi connectivity index (χ3v) is 4.27. The Labute approximate surface area is 132 Å². The molecule has 0 aliphatic heterocycles. The van der Waals surface area contributed by atoms with E-state index in [1.807, 2.05) is 10.3 Å². The van der Waals surface area contributed by atoms with Gasteiger partial charge in [-0.05, 0) is 19.0 Å². The molecule has 0 spiro atoms. The Bertz CT molecular complexity index is 429. The maximum atomic E-state index is 12.6. The van der Waals surface area contributed by atoms with Crippen molar-refractivity contribution in [1.29, 1.82) is 0 Å². The van der Waals surface area contributed by atoms with E-state index in [2.05, 4.69) is 37.6 Å². The van der Waals surface area contributed by atoms with Crippen molar-refractivity contribution in [3.05, 3.63) is 16.1 Å². The molecule has 0 radical (unpaired) electrons. The zero-order valence-electron chi connectivity index (χ0n) is 13.6. The first-order chi connectivity index (χ1) is 10.0. The smallest absolute Gasteiger partial charge is 0.273 e. The largest absolute Gasteiger partial charge is 0.336 e. The number of nitrogens with two attached hydrogens (primary N) is 1. The van der Waals surface area contributed by atoms with Crippen LogP contribution in [0.4, 0.5) is 0 Å². The van der Waals surface area contributed by atoms with Crippen LogP contribution in [0.1, 0.15) is 43.2 Å². The fourth-order valence-electron chi connectivity index (χ4n) is 2.18. The molecule has 120 valence electrons. The lowest BCUT2D eigenvalue weighted by molar-refractivity contribution is 0.0711. The van der Waals surface area contributed by atoms with Gasteiger partial charge in [-0.1, -0.05) is 27.7 Å². The Kier molecular flexibility index (Phi) is 7.85. The van der Waals surface area contributed by atoms with Gasteiger partial charge < -0.3 is 15.5 Å². The van der Waals surface area contributed by atoms with Gasteiger partial charge >= 0.3 is 0 Å². The zero-order valence-corrected chi connectivity index (χ0v) is 14.4. The van der Waals surface area contributed by atoms with Crippen LogP contribution < -0.4 is 5.73 Å². The number of likely N-dealkylation sites (N-methyl/N-ethyl adjacent to an activating group) is 1. The molecule has 1 heterocycles. The third kappa shape index (κ3) is 5.73.